The fourth-order valence-corrected chi connectivity index (χ4v) is 2.08. The number of aryl methyl sites for hydroxylation is 1. The summed E-state index contributed by atoms with van der Waals surface area (Å²) in [5.41, 5.74) is -0.507. The van der Waals surface area contributed by atoms with E-state index in [-0.39, 0.29) is 0 Å². The molecule has 88 valence electrons. The average Bonchev–Trinajstić information content (AvgIpc) is 2.70. The maximum atomic E-state index is 9.14. The number of rotatable bonds is 6. The normalized spacial score (nSPS) is 14.4. The molecule has 1 N–H and O–H groups in total. The van der Waals surface area contributed by atoms with E-state index in [2.05, 4.69) is 28.5 Å². The maximum absolute atomic E-state index is 9.14. The Balaban J connectivity index is 2.52. The predicted octanol–water partition coefficient (Wildman–Crippen LogP) is 1.19. The van der Waals surface area contributed by atoms with Gasteiger partial charge in [-0.3, -0.25) is 5.32 Å². The van der Waals surface area contributed by atoms with Crippen LogP contribution in [0.2, 0.25) is 0 Å². The van der Waals surface area contributed by atoms with Gasteiger partial charge in [0.25, 0.3) is 0 Å². The zero-order valence-corrected chi connectivity index (χ0v) is 10.7. The summed E-state index contributed by atoms with van der Waals surface area (Å²) < 4.78 is 1.85. The third-order valence-electron chi connectivity index (χ3n) is 2.17. The van der Waals surface area contributed by atoms with E-state index in [9.17, 15) is 0 Å². The molecule has 16 heavy (non-hydrogen) atoms. The summed E-state index contributed by atoms with van der Waals surface area (Å²) in [6.07, 6.45) is 2.68. The average molecular weight is 239 g/mol. The molecule has 0 bridgehead atoms. The smallest absolute Gasteiger partial charge is 0.190 e. The van der Waals surface area contributed by atoms with Crippen molar-refractivity contribution in [3.8, 4) is 6.07 Å². The van der Waals surface area contributed by atoms with Gasteiger partial charge in [0.15, 0.2) is 5.16 Å². The summed E-state index contributed by atoms with van der Waals surface area (Å²) in [6.45, 7) is 4.84. The zero-order chi connectivity index (χ0) is 12.0. The van der Waals surface area contributed by atoms with Gasteiger partial charge < -0.3 is 4.57 Å². The molecule has 6 heteroatoms. The summed E-state index contributed by atoms with van der Waals surface area (Å²) in [7, 11) is 1.89. The van der Waals surface area contributed by atoms with Gasteiger partial charge in [-0.15, -0.1) is 10.2 Å². The minimum Gasteiger partial charge on any atom is -0.312 e. The fraction of sp³-hybridized carbons (Fsp3) is 0.700. The third kappa shape index (κ3) is 3.51. The molecule has 1 rings (SSSR count). The second-order valence-electron chi connectivity index (χ2n) is 3.88. The van der Waals surface area contributed by atoms with Crippen LogP contribution in [0, 0.1) is 11.3 Å². The summed E-state index contributed by atoms with van der Waals surface area (Å²) in [6, 6.07) is 2.31. The number of nitrogens with zero attached hydrogens (tertiary/aromatic N) is 4. The highest BCUT2D eigenvalue weighted by atomic mass is 32.2. The number of hydrogen-bond donors (Lipinski definition) is 1. The molecule has 1 atom stereocenters. The van der Waals surface area contributed by atoms with Crippen LogP contribution in [0.3, 0.4) is 0 Å². The molecule has 0 saturated carbocycles. The van der Waals surface area contributed by atoms with Crippen molar-refractivity contribution in [1.29, 1.82) is 5.26 Å². The van der Waals surface area contributed by atoms with E-state index in [0.717, 1.165) is 18.1 Å². The van der Waals surface area contributed by atoms with Crippen molar-refractivity contribution in [1.82, 2.24) is 20.1 Å². The number of nitrogens with one attached hydrogen (secondary N) is 1. The first kappa shape index (κ1) is 13.0. The van der Waals surface area contributed by atoms with Crippen LogP contribution in [-0.4, -0.2) is 32.6 Å². The van der Waals surface area contributed by atoms with Crippen molar-refractivity contribution in [2.24, 2.45) is 7.05 Å². The largest absolute Gasteiger partial charge is 0.312 e. The minimum atomic E-state index is -0.507. The lowest BCUT2D eigenvalue weighted by Gasteiger charge is -2.22. The second-order valence-corrected chi connectivity index (χ2v) is 4.83. The number of hydrogen-bond acceptors (Lipinski definition) is 5. The molecule has 0 amide bonds. The molecule has 0 aromatic carbocycles. The first-order valence-electron chi connectivity index (χ1n) is 5.24. The molecule has 0 aliphatic carbocycles. The summed E-state index contributed by atoms with van der Waals surface area (Å²) in [5.74, 6) is 0.663. The standard InChI is InChI=1S/C10H17N5S/c1-4-5-12-10(2,6-11)7-16-9-14-13-8-15(9)3/h8,12H,4-5,7H2,1-3H3. The van der Waals surface area contributed by atoms with Crippen LogP contribution in [0.25, 0.3) is 0 Å². The van der Waals surface area contributed by atoms with E-state index < -0.39 is 5.54 Å². The summed E-state index contributed by atoms with van der Waals surface area (Å²) in [4.78, 5) is 0. The SMILES string of the molecule is CCCNC(C)(C#N)CSc1nncn1C. The zero-order valence-electron chi connectivity index (χ0n) is 9.90. The van der Waals surface area contributed by atoms with E-state index in [1.807, 2.05) is 18.5 Å². The molecule has 1 aromatic heterocycles. The highest BCUT2D eigenvalue weighted by Gasteiger charge is 2.23. The Morgan fingerprint density at radius 2 is 2.44 bits per heavy atom. The molecule has 0 fully saturated rings. The number of thioether (sulfide) groups is 1. The quantitative estimate of drug-likeness (QED) is 0.755. The van der Waals surface area contributed by atoms with Crippen molar-refractivity contribution in [3.05, 3.63) is 6.33 Å². The topological polar surface area (TPSA) is 66.5 Å². The monoisotopic (exact) mass is 239 g/mol. The molecule has 1 aromatic rings. The van der Waals surface area contributed by atoms with E-state index in [4.69, 9.17) is 5.26 Å². The molecule has 0 radical (unpaired) electrons. The van der Waals surface area contributed by atoms with Gasteiger partial charge >= 0.3 is 0 Å². The third-order valence-corrected chi connectivity index (χ3v) is 3.52. The van der Waals surface area contributed by atoms with Crippen LogP contribution in [0.5, 0.6) is 0 Å². The van der Waals surface area contributed by atoms with Crippen molar-refractivity contribution in [2.75, 3.05) is 12.3 Å². The lowest BCUT2D eigenvalue weighted by Crippen LogP contribution is -2.43. The van der Waals surface area contributed by atoms with Crippen molar-refractivity contribution in [2.45, 2.75) is 31.0 Å². The Bertz CT molecular complexity index is 370. The van der Waals surface area contributed by atoms with Gasteiger partial charge in [-0.2, -0.15) is 5.26 Å². The van der Waals surface area contributed by atoms with Gasteiger partial charge in [-0.25, -0.2) is 0 Å². The molecule has 0 spiro atoms. The molecule has 1 unspecified atom stereocenters. The lowest BCUT2D eigenvalue weighted by atomic mass is 10.1. The Morgan fingerprint density at radius 3 is 2.94 bits per heavy atom. The lowest BCUT2D eigenvalue weighted by molar-refractivity contribution is 0.493. The van der Waals surface area contributed by atoms with Crippen LogP contribution in [0.4, 0.5) is 0 Å². The Hall–Kier alpha value is -1.06. The Labute approximate surface area is 100 Å². The van der Waals surface area contributed by atoms with Gasteiger partial charge in [-0.1, -0.05) is 18.7 Å². The van der Waals surface area contributed by atoms with E-state index in [1.165, 1.54) is 0 Å². The van der Waals surface area contributed by atoms with Gasteiger partial charge in [0.1, 0.15) is 11.9 Å². The van der Waals surface area contributed by atoms with Crippen LogP contribution < -0.4 is 5.32 Å². The van der Waals surface area contributed by atoms with E-state index in [0.29, 0.717) is 5.75 Å². The fourth-order valence-electron chi connectivity index (χ4n) is 1.14. The molecular weight excluding hydrogens is 222 g/mol. The highest BCUT2D eigenvalue weighted by Crippen LogP contribution is 2.19. The van der Waals surface area contributed by atoms with Crippen molar-refractivity contribution in [3.63, 3.8) is 0 Å². The highest BCUT2D eigenvalue weighted by molar-refractivity contribution is 7.99. The number of nitriles is 1. The van der Waals surface area contributed by atoms with Crippen LogP contribution >= 0.6 is 11.8 Å². The van der Waals surface area contributed by atoms with Gasteiger partial charge in [0, 0.05) is 12.8 Å². The van der Waals surface area contributed by atoms with Crippen molar-refractivity contribution < 1.29 is 0 Å². The molecule has 0 saturated heterocycles. The maximum Gasteiger partial charge on any atom is 0.190 e. The summed E-state index contributed by atoms with van der Waals surface area (Å²) >= 11 is 1.54. The van der Waals surface area contributed by atoms with Gasteiger partial charge in [0.2, 0.25) is 0 Å². The first-order valence-corrected chi connectivity index (χ1v) is 6.23. The van der Waals surface area contributed by atoms with Crippen LogP contribution in [-0.2, 0) is 7.05 Å². The Morgan fingerprint density at radius 1 is 1.69 bits per heavy atom. The molecule has 0 aliphatic heterocycles. The number of aromatic nitrogens is 3. The summed E-state index contributed by atoms with van der Waals surface area (Å²) in [5, 5.41) is 21.0. The minimum absolute atomic E-state index is 0.507. The van der Waals surface area contributed by atoms with Gasteiger partial charge in [-0.05, 0) is 19.9 Å². The molecule has 1 heterocycles. The Kier molecular flexibility index (Phi) is 4.77. The van der Waals surface area contributed by atoms with Crippen molar-refractivity contribution >= 4 is 11.8 Å². The van der Waals surface area contributed by atoms with E-state index >= 15 is 0 Å². The van der Waals surface area contributed by atoms with Gasteiger partial charge in [0.05, 0.1) is 6.07 Å². The van der Waals surface area contributed by atoms with E-state index in [1.54, 1.807) is 18.1 Å². The van der Waals surface area contributed by atoms with Crippen LogP contribution in [0.15, 0.2) is 11.5 Å². The molecule has 0 aliphatic rings. The van der Waals surface area contributed by atoms with Crippen LogP contribution in [0.1, 0.15) is 20.3 Å². The first-order chi connectivity index (χ1) is 7.61. The second kappa shape index (κ2) is 5.87. The predicted molar refractivity (Wildman–Crippen MR) is 64.0 cm³/mol. The molecule has 5 nitrogen and oxygen atoms in total. The molecular formula is C10H17N5S.